The molecular formula is C14H27N3O. The van der Waals surface area contributed by atoms with Crippen molar-refractivity contribution in [2.45, 2.75) is 44.6 Å². The van der Waals surface area contributed by atoms with Crippen LogP contribution in [-0.2, 0) is 4.79 Å². The summed E-state index contributed by atoms with van der Waals surface area (Å²) in [5.74, 6) is 0.368. The molecule has 0 aliphatic carbocycles. The quantitative estimate of drug-likeness (QED) is 0.719. The first-order valence-corrected chi connectivity index (χ1v) is 7.47. The van der Waals surface area contributed by atoms with Gasteiger partial charge in [-0.1, -0.05) is 0 Å². The minimum atomic E-state index is 0.368. The van der Waals surface area contributed by atoms with Gasteiger partial charge in [0.1, 0.15) is 0 Å². The van der Waals surface area contributed by atoms with Gasteiger partial charge in [0.25, 0.3) is 0 Å². The number of hydrogen-bond acceptors (Lipinski definition) is 3. The molecule has 1 atom stereocenters. The molecule has 0 radical (unpaired) electrons. The minimum Gasteiger partial charge on any atom is -0.338 e. The fourth-order valence-corrected chi connectivity index (χ4v) is 3.18. The summed E-state index contributed by atoms with van der Waals surface area (Å²) in [5.41, 5.74) is 0. The normalized spacial score (nSPS) is 24.9. The molecule has 2 fully saturated rings. The van der Waals surface area contributed by atoms with E-state index in [9.17, 15) is 4.79 Å². The first-order valence-electron chi connectivity index (χ1n) is 7.47. The largest absolute Gasteiger partial charge is 0.338 e. The number of hydrogen-bond donors (Lipinski definition) is 1. The van der Waals surface area contributed by atoms with Crippen molar-refractivity contribution in [3.8, 4) is 0 Å². The molecule has 0 saturated carbocycles. The van der Waals surface area contributed by atoms with Gasteiger partial charge in [-0.05, 0) is 58.8 Å². The molecule has 1 N–H and O–H groups in total. The highest BCUT2D eigenvalue weighted by Gasteiger charge is 2.30. The van der Waals surface area contributed by atoms with Crippen molar-refractivity contribution in [2.24, 2.45) is 0 Å². The maximum atomic E-state index is 12.2. The Morgan fingerprint density at radius 1 is 1.22 bits per heavy atom. The predicted molar refractivity (Wildman–Crippen MR) is 73.6 cm³/mol. The topological polar surface area (TPSA) is 35.6 Å². The Morgan fingerprint density at radius 3 is 2.72 bits per heavy atom. The van der Waals surface area contributed by atoms with Crippen LogP contribution in [0.1, 0.15) is 38.5 Å². The van der Waals surface area contributed by atoms with Crippen molar-refractivity contribution in [1.82, 2.24) is 15.1 Å². The van der Waals surface area contributed by atoms with E-state index < -0.39 is 0 Å². The first kappa shape index (κ1) is 13.8. The number of carbonyl (C=O) groups excluding carboxylic acids is 1. The van der Waals surface area contributed by atoms with Gasteiger partial charge in [-0.25, -0.2) is 0 Å². The monoisotopic (exact) mass is 253 g/mol. The van der Waals surface area contributed by atoms with Gasteiger partial charge in [0, 0.05) is 25.6 Å². The van der Waals surface area contributed by atoms with Gasteiger partial charge < -0.3 is 15.1 Å². The molecule has 2 aliphatic rings. The summed E-state index contributed by atoms with van der Waals surface area (Å²) >= 11 is 0. The molecule has 2 rings (SSSR count). The van der Waals surface area contributed by atoms with Crippen LogP contribution >= 0.6 is 0 Å². The second-order valence-corrected chi connectivity index (χ2v) is 5.60. The van der Waals surface area contributed by atoms with Crippen LogP contribution in [0.5, 0.6) is 0 Å². The molecule has 18 heavy (non-hydrogen) atoms. The van der Waals surface area contributed by atoms with Crippen molar-refractivity contribution < 1.29 is 4.79 Å². The average Bonchev–Trinajstić information content (AvgIpc) is 3.01. The zero-order valence-electron chi connectivity index (χ0n) is 11.7. The van der Waals surface area contributed by atoms with Gasteiger partial charge in [-0.3, -0.25) is 4.79 Å². The van der Waals surface area contributed by atoms with E-state index >= 15 is 0 Å². The summed E-state index contributed by atoms with van der Waals surface area (Å²) in [7, 11) is 1.94. The van der Waals surface area contributed by atoms with E-state index in [0.717, 1.165) is 26.1 Å². The third kappa shape index (κ3) is 3.69. The van der Waals surface area contributed by atoms with Gasteiger partial charge in [-0.2, -0.15) is 0 Å². The van der Waals surface area contributed by atoms with Crippen molar-refractivity contribution in [1.29, 1.82) is 0 Å². The van der Waals surface area contributed by atoms with Crippen molar-refractivity contribution in [3.63, 3.8) is 0 Å². The van der Waals surface area contributed by atoms with Gasteiger partial charge >= 0.3 is 0 Å². The zero-order valence-corrected chi connectivity index (χ0v) is 11.7. The van der Waals surface area contributed by atoms with E-state index in [0.29, 0.717) is 18.4 Å². The third-order valence-corrected chi connectivity index (χ3v) is 4.18. The maximum Gasteiger partial charge on any atom is 0.222 e. The fraction of sp³-hybridized carbons (Fsp3) is 0.929. The second kappa shape index (κ2) is 7.10. The van der Waals surface area contributed by atoms with Crippen LogP contribution < -0.4 is 5.32 Å². The standard InChI is InChI=1S/C14H27N3O/c1-15-8-4-7-14(18)17-11-5-6-13(17)12-16-9-2-3-10-16/h13,15H,2-12H2,1H3. The molecule has 1 unspecified atom stereocenters. The molecule has 4 heteroatoms. The molecule has 0 aromatic carbocycles. The Balaban J connectivity index is 1.76. The summed E-state index contributed by atoms with van der Waals surface area (Å²) in [4.78, 5) is 16.9. The molecule has 0 spiro atoms. The minimum absolute atomic E-state index is 0.368. The van der Waals surface area contributed by atoms with E-state index in [1.165, 1.54) is 38.8 Å². The molecule has 0 bridgehead atoms. The molecule has 2 heterocycles. The van der Waals surface area contributed by atoms with Crippen LogP contribution in [0.2, 0.25) is 0 Å². The lowest BCUT2D eigenvalue weighted by molar-refractivity contribution is -0.132. The lowest BCUT2D eigenvalue weighted by Crippen LogP contribution is -2.42. The molecule has 104 valence electrons. The third-order valence-electron chi connectivity index (χ3n) is 4.18. The molecular weight excluding hydrogens is 226 g/mol. The van der Waals surface area contributed by atoms with Crippen LogP contribution in [0.25, 0.3) is 0 Å². The van der Waals surface area contributed by atoms with E-state index in [2.05, 4.69) is 15.1 Å². The Morgan fingerprint density at radius 2 is 2.00 bits per heavy atom. The smallest absolute Gasteiger partial charge is 0.222 e. The lowest BCUT2D eigenvalue weighted by Gasteiger charge is -2.28. The molecule has 0 aromatic rings. The summed E-state index contributed by atoms with van der Waals surface area (Å²) in [6, 6.07) is 0.491. The van der Waals surface area contributed by atoms with E-state index in [-0.39, 0.29) is 0 Å². The predicted octanol–water partition coefficient (Wildman–Crippen LogP) is 1.07. The number of nitrogens with zero attached hydrogens (tertiary/aromatic N) is 2. The fourth-order valence-electron chi connectivity index (χ4n) is 3.18. The molecule has 1 amide bonds. The van der Waals surface area contributed by atoms with Crippen LogP contribution in [0.4, 0.5) is 0 Å². The number of amides is 1. The summed E-state index contributed by atoms with van der Waals surface area (Å²) in [6.07, 6.45) is 6.73. The van der Waals surface area contributed by atoms with Crippen LogP contribution in [0.3, 0.4) is 0 Å². The Bertz CT molecular complexity index is 264. The molecule has 2 saturated heterocycles. The van der Waals surface area contributed by atoms with Gasteiger partial charge in [0.15, 0.2) is 0 Å². The number of carbonyl (C=O) groups is 1. The molecule has 0 aromatic heterocycles. The highest BCUT2D eigenvalue weighted by molar-refractivity contribution is 5.76. The summed E-state index contributed by atoms with van der Waals surface area (Å²) in [6.45, 7) is 5.50. The highest BCUT2D eigenvalue weighted by atomic mass is 16.2. The van der Waals surface area contributed by atoms with Gasteiger partial charge in [0.2, 0.25) is 5.91 Å². The first-order chi connectivity index (χ1) is 8.81. The lowest BCUT2D eigenvalue weighted by atomic mass is 10.2. The zero-order chi connectivity index (χ0) is 12.8. The second-order valence-electron chi connectivity index (χ2n) is 5.60. The van der Waals surface area contributed by atoms with Crippen LogP contribution in [0, 0.1) is 0 Å². The van der Waals surface area contributed by atoms with E-state index in [1.807, 2.05) is 7.05 Å². The summed E-state index contributed by atoms with van der Waals surface area (Å²) < 4.78 is 0. The van der Waals surface area contributed by atoms with E-state index in [1.54, 1.807) is 0 Å². The Labute approximate surface area is 111 Å². The van der Waals surface area contributed by atoms with Crippen LogP contribution in [-0.4, -0.2) is 61.5 Å². The number of rotatable bonds is 6. The van der Waals surface area contributed by atoms with Gasteiger partial charge in [0.05, 0.1) is 0 Å². The molecule has 4 nitrogen and oxygen atoms in total. The highest BCUT2D eigenvalue weighted by Crippen LogP contribution is 2.21. The average molecular weight is 253 g/mol. The number of likely N-dealkylation sites (tertiary alicyclic amines) is 2. The summed E-state index contributed by atoms with van der Waals surface area (Å²) in [5, 5.41) is 3.10. The number of nitrogens with one attached hydrogen (secondary N) is 1. The Kier molecular flexibility index (Phi) is 5.45. The molecule has 2 aliphatic heterocycles. The SMILES string of the molecule is CNCCCC(=O)N1CCCC1CN1CCCC1. The van der Waals surface area contributed by atoms with Crippen molar-refractivity contribution in [3.05, 3.63) is 0 Å². The van der Waals surface area contributed by atoms with Gasteiger partial charge in [-0.15, -0.1) is 0 Å². The van der Waals surface area contributed by atoms with Crippen molar-refractivity contribution in [2.75, 3.05) is 39.8 Å². The maximum absolute atomic E-state index is 12.2. The van der Waals surface area contributed by atoms with Crippen LogP contribution in [0.15, 0.2) is 0 Å². The van der Waals surface area contributed by atoms with E-state index in [4.69, 9.17) is 0 Å². The Hall–Kier alpha value is -0.610. The van der Waals surface area contributed by atoms with Crippen molar-refractivity contribution >= 4 is 5.91 Å².